The molecule has 0 spiro atoms. The predicted molar refractivity (Wildman–Crippen MR) is 92.2 cm³/mol. The van der Waals surface area contributed by atoms with Crippen LogP contribution < -0.4 is 5.76 Å². The topological polar surface area (TPSA) is 87.7 Å². The number of rotatable bonds is 3. The summed E-state index contributed by atoms with van der Waals surface area (Å²) >= 11 is 0. The van der Waals surface area contributed by atoms with Gasteiger partial charge in [0.05, 0.1) is 36.7 Å². The summed E-state index contributed by atoms with van der Waals surface area (Å²) in [6, 6.07) is 8.98. The van der Waals surface area contributed by atoms with Gasteiger partial charge in [-0.1, -0.05) is 32.0 Å². The Labute approximate surface area is 149 Å². The highest BCUT2D eigenvalue weighted by Gasteiger charge is 2.42. The second kappa shape index (κ2) is 6.67. The van der Waals surface area contributed by atoms with E-state index in [0.717, 1.165) is 0 Å². The molecule has 2 aromatic rings. The van der Waals surface area contributed by atoms with E-state index in [1.807, 2.05) is 6.07 Å². The molecule has 0 aliphatic heterocycles. The second-order valence-electron chi connectivity index (χ2n) is 6.04. The Hall–Kier alpha value is -3.09. The van der Waals surface area contributed by atoms with Crippen LogP contribution in [-0.2, 0) is 19.1 Å². The molecule has 7 heteroatoms. The number of oxazole rings is 1. The lowest BCUT2D eigenvalue weighted by Gasteiger charge is -2.27. The van der Waals surface area contributed by atoms with E-state index in [2.05, 4.69) is 0 Å². The highest BCUT2D eigenvalue weighted by Crippen LogP contribution is 2.43. The van der Waals surface area contributed by atoms with Gasteiger partial charge in [-0.3, -0.25) is 0 Å². The minimum Gasteiger partial charge on any atom is -0.466 e. The summed E-state index contributed by atoms with van der Waals surface area (Å²) in [6.45, 7) is 3.42. The highest BCUT2D eigenvalue weighted by atomic mass is 16.5. The molecule has 1 aliphatic rings. The molecule has 0 bridgehead atoms. The number of nitrogens with zero attached hydrogens (tertiary/aromatic N) is 1. The van der Waals surface area contributed by atoms with Crippen molar-refractivity contribution in [1.29, 1.82) is 0 Å². The molecule has 0 unspecified atom stereocenters. The average Bonchev–Trinajstić information content (AvgIpc) is 3.01. The summed E-state index contributed by atoms with van der Waals surface area (Å²) < 4.78 is 16.6. The molecular weight excluding hydrogens is 338 g/mol. The number of aromatic nitrogens is 1. The monoisotopic (exact) mass is 357 g/mol. The molecule has 0 radical (unpaired) electrons. The van der Waals surface area contributed by atoms with Crippen molar-refractivity contribution < 1.29 is 23.5 Å². The fourth-order valence-electron chi connectivity index (χ4n) is 3.47. The number of carbonyl (C=O) groups is 2. The molecule has 0 fully saturated rings. The van der Waals surface area contributed by atoms with Crippen molar-refractivity contribution in [3.8, 4) is 5.69 Å². The van der Waals surface area contributed by atoms with Crippen LogP contribution in [0.3, 0.4) is 0 Å². The normalized spacial score (nSPS) is 19.1. The maximum absolute atomic E-state index is 12.5. The van der Waals surface area contributed by atoms with Crippen molar-refractivity contribution in [3.63, 3.8) is 0 Å². The van der Waals surface area contributed by atoms with E-state index in [9.17, 15) is 14.4 Å². The molecular formula is C19H19NO6. The van der Waals surface area contributed by atoms with Crippen LogP contribution in [0.2, 0.25) is 0 Å². The lowest BCUT2D eigenvalue weighted by atomic mass is 9.78. The molecule has 0 saturated heterocycles. The van der Waals surface area contributed by atoms with Crippen LogP contribution in [0.4, 0.5) is 0 Å². The standard InChI is InChI=1S/C19H19NO6/c1-10-13(17(21)24-3)14(18(22)25-4)11(2)16-15(10)20(19(23)26-16)12-8-6-5-7-9-12/h5-11H,1-4H3/t10-,11+/m1/s1. The molecule has 1 aliphatic carbocycles. The molecule has 1 aromatic carbocycles. The van der Waals surface area contributed by atoms with Crippen molar-refractivity contribution in [3.05, 3.63) is 63.5 Å². The smallest absolute Gasteiger partial charge is 0.424 e. The Morgan fingerprint density at radius 2 is 1.50 bits per heavy atom. The number of fused-ring (bicyclic) bond motifs is 1. The highest BCUT2D eigenvalue weighted by molar-refractivity contribution is 6.03. The molecule has 0 amide bonds. The van der Waals surface area contributed by atoms with Gasteiger partial charge in [0.1, 0.15) is 5.76 Å². The van der Waals surface area contributed by atoms with E-state index in [1.165, 1.54) is 18.8 Å². The lowest BCUT2D eigenvalue weighted by Crippen LogP contribution is -2.28. The summed E-state index contributed by atoms with van der Waals surface area (Å²) in [5, 5.41) is 0. The largest absolute Gasteiger partial charge is 0.466 e. The summed E-state index contributed by atoms with van der Waals surface area (Å²) in [7, 11) is 2.49. The lowest BCUT2D eigenvalue weighted by molar-refractivity contribution is -0.140. The molecule has 3 rings (SSSR count). The van der Waals surface area contributed by atoms with Crippen LogP contribution in [0.25, 0.3) is 5.69 Å². The van der Waals surface area contributed by atoms with Crippen molar-refractivity contribution >= 4 is 11.9 Å². The van der Waals surface area contributed by atoms with Crippen molar-refractivity contribution in [1.82, 2.24) is 4.57 Å². The fourth-order valence-corrected chi connectivity index (χ4v) is 3.47. The van der Waals surface area contributed by atoms with Crippen molar-refractivity contribution in [2.45, 2.75) is 25.7 Å². The van der Waals surface area contributed by atoms with Crippen LogP contribution in [-0.4, -0.2) is 30.7 Å². The summed E-state index contributed by atoms with van der Waals surface area (Å²) in [5.41, 5.74) is 1.46. The van der Waals surface area contributed by atoms with Crippen molar-refractivity contribution in [2.24, 2.45) is 0 Å². The Kier molecular flexibility index (Phi) is 4.54. The SMILES string of the molecule is COC(=O)C1=C(C(=O)OC)[C@H](C)c2oc(=O)n(-c3ccccc3)c2[C@@H]1C. The summed E-state index contributed by atoms with van der Waals surface area (Å²) in [5.74, 6) is -2.72. The molecule has 0 saturated carbocycles. The number of hydrogen-bond donors (Lipinski definition) is 0. The Bertz CT molecular complexity index is 950. The van der Waals surface area contributed by atoms with Gasteiger partial charge in [0.2, 0.25) is 0 Å². The van der Waals surface area contributed by atoms with Gasteiger partial charge in [0.15, 0.2) is 0 Å². The van der Waals surface area contributed by atoms with Gasteiger partial charge in [-0.25, -0.2) is 19.0 Å². The number of benzene rings is 1. The van der Waals surface area contributed by atoms with Gasteiger partial charge in [0, 0.05) is 11.8 Å². The maximum atomic E-state index is 12.5. The van der Waals surface area contributed by atoms with Crippen LogP contribution in [0.5, 0.6) is 0 Å². The summed E-state index contributed by atoms with van der Waals surface area (Å²) in [6.07, 6.45) is 0. The zero-order valence-electron chi connectivity index (χ0n) is 14.9. The van der Waals surface area contributed by atoms with Gasteiger partial charge in [-0.15, -0.1) is 0 Å². The van der Waals surface area contributed by atoms with Crippen LogP contribution in [0.1, 0.15) is 37.1 Å². The first-order chi connectivity index (χ1) is 12.4. The third-order valence-corrected chi connectivity index (χ3v) is 4.66. The average molecular weight is 357 g/mol. The number of carbonyl (C=O) groups excluding carboxylic acids is 2. The first-order valence-electron chi connectivity index (χ1n) is 8.14. The van der Waals surface area contributed by atoms with Crippen LogP contribution >= 0.6 is 0 Å². The molecule has 136 valence electrons. The van der Waals surface area contributed by atoms with E-state index in [1.54, 1.807) is 38.1 Å². The third-order valence-electron chi connectivity index (χ3n) is 4.66. The molecule has 2 atom stereocenters. The first kappa shape index (κ1) is 17.7. The zero-order valence-corrected chi connectivity index (χ0v) is 14.9. The van der Waals surface area contributed by atoms with Gasteiger partial charge in [-0.05, 0) is 12.1 Å². The minimum absolute atomic E-state index is 0.147. The second-order valence-corrected chi connectivity index (χ2v) is 6.04. The number of methoxy groups -OCH3 is 2. The molecule has 7 nitrogen and oxygen atoms in total. The van der Waals surface area contributed by atoms with Crippen molar-refractivity contribution in [2.75, 3.05) is 14.2 Å². The summed E-state index contributed by atoms with van der Waals surface area (Å²) in [4.78, 5) is 37.3. The molecule has 0 N–H and O–H groups in total. The Morgan fingerprint density at radius 1 is 0.962 bits per heavy atom. The fraction of sp³-hybridized carbons (Fsp3) is 0.316. The van der Waals surface area contributed by atoms with E-state index in [-0.39, 0.29) is 11.1 Å². The number of ether oxygens (including phenoxy) is 2. The minimum atomic E-state index is -0.648. The van der Waals surface area contributed by atoms with Crippen LogP contribution in [0, 0.1) is 0 Å². The quantitative estimate of drug-likeness (QED) is 0.783. The van der Waals surface area contributed by atoms with E-state index < -0.39 is 29.5 Å². The zero-order chi connectivity index (χ0) is 19.0. The van der Waals surface area contributed by atoms with Gasteiger partial charge in [-0.2, -0.15) is 0 Å². The predicted octanol–water partition coefficient (Wildman–Crippen LogP) is 2.29. The van der Waals surface area contributed by atoms with Gasteiger partial charge in [0.25, 0.3) is 0 Å². The molecule has 1 aromatic heterocycles. The molecule has 26 heavy (non-hydrogen) atoms. The molecule has 1 heterocycles. The first-order valence-corrected chi connectivity index (χ1v) is 8.14. The number of hydrogen-bond acceptors (Lipinski definition) is 6. The Balaban J connectivity index is 2.30. The van der Waals surface area contributed by atoms with Crippen LogP contribution in [0.15, 0.2) is 50.7 Å². The van der Waals surface area contributed by atoms with E-state index >= 15 is 0 Å². The Morgan fingerprint density at radius 3 is 2.04 bits per heavy atom. The van der Waals surface area contributed by atoms with E-state index in [0.29, 0.717) is 17.1 Å². The number of para-hydroxylation sites is 1. The van der Waals surface area contributed by atoms with Gasteiger partial charge >= 0.3 is 17.7 Å². The maximum Gasteiger partial charge on any atom is 0.424 e. The van der Waals surface area contributed by atoms with E-state index in [4.69, 9.17) is 13.9 Å². The van der Waals surface area contributed by atoms with Gasteiger partial charge < -0.3 is 13.9 Å². The number of esters is 2. The third kappa shape index (κ3) is 2.56.